The molecule has 0 aromatic rings. The number of hydrogen-bond acceptors (Lipinski definition) is 3. The first-order valence-corrected chi connectivity index (χ1v) is 4.85. The van der Waals surface area contributed by atoms with Crippen LogP contribution in [-0.2, 0) is 9.53 Å². The van der Waals surface area contributed by atoms with Crippen molar-refractivity contribution in [1.82, 2.24) is 0 Å². The molecule has 0 aliphatic heterocycles. The van der Waals surface area contributed by atoms with Crippen LogP contribution in [0.4, 0.5) is 0 Å². The van der Waals surface area contributed by atoms with Crippen molar-refractivity contribution in [2.24, 2.45) is 11.1 Å². The van der Waals surface area contributed by atoms with Gasteiger partial charge in [-0.05, 0) is 18.8 Å². The number of ether oxygens (including phenoxy) is 1. The third-order valence-corrected chi connectivity index (χ3v) is 2.61. The van der Waals surface area contributed by atoms with Crippen molar-refractivity contribution >= 4 is 5.97 Å². The predicted molar refractivity (Wildman–Crippen MR) is 53.3 cm³/mol. The van der Waals surface area contributed by atoms with Crippen LogP contribution in [0, 0.1) is 5.41 Å². The molecule has 0 radical (unpaired) electrons. The minimum Gasteiger partial charge on any atom is -0.466 e. The van der Waals surface area contributed by atoms with Crippen molar-refractivity contribution in [2.75, 3.05) is 6.61 Å². The summed E-state index contributed by atoms with van der Waals surface area (Å²) in [5.74, 6) is -0.198. The quantitative estimate of drug-likeness (QED) is 0.666. The summed E-state index contributed by atoms with van der Waals surface area (Å²) in [5.41, 5.74) is 5.90. The molecule has 13 heavy (non-hydrogen) atoms. The molecule has 0 bridgehead atoms. The lowest BCUT2D eigenvalue weighted by atomic mass is 9.81. The summed E-state index contributed by atoms with van der Waals surface area (Å²) < 4.78 is 4.83. The Morgan fingerprint density at radius 3 is 2.38 bits per heavy atom. The van der Waals surface area contributed by atoms with Gasteiger partial charge in [-0.3, -0.25) is 4.79 Å². The number of carbonyl (C=O) groups is 1. The van der Waals surface area contributed by atoms with Gasteiger partial charge in [-0.1, -0.05) is 20.8 Å². The van der Waals surface area contributed by atoms with Crippen molar-refractivity contribution in [3.63, 3.8) is 0 Å². The number of rotatable bonds is 5. The van der Waals surface area contributed by atoms with E-state index in [1.54, 1.807) is 6.92 Å². The molecule has 3 nitrogen and oxygen atoms in total. The van der Waals surface area contributed by atoms with Gasteiger partial charge < -0.3 is 10.5 Å². The zero-order valence-electron chi connectivity index (χ0n) is 9.09. The SMILES string of the molecule is CCOC(=O)C[C@@H](N)C(C)(C)CC. The van der Waals surface area contributed by atoms with Crippen LogP contribution in [0.25, 0.3) is 0 Å². The maximum absolute atomic E-state index is 11.1. The lowest BCUT2D eigenvalue weighted by Crippen LogP contribution is -2.39. The van der Waals surface area contributed by atoms with Crippen molar-refractivity contribution in [3.8, 4) is 0 Å². The number of esters is 1. The molecule has 1 atom stereocenters. The van der Waals surface area contributed by atoms with E-state index in [1.165, 1.54) is 0 Å². The fourth-order valence-electron chi connectivity index (χ4n) is 0.938. The van der Waals surface area contributed by atoms with Gasteiger partial charge in [-0.25, -0.2) is 0 Å². The molecule has 2 N–H and O–H groups in total. The molecular formula is C10H21NO2. The first-order valence-electron chi connectivity index (χ1n) is 4.85. The summed E-state index contributed by atoms with van der Waals surface area (Å²) in [7, 11) is 0. The van der Waals surface area contributed by atoms with Crippen molar-refractivity contribution in [3.05, 3.63) is 0 Å². The largest absolute Gasteiger partial charge is 0.466 e. The van der Waals surface area contributed by atoms with Crippen LogP contribution < -0.4 is 5.73 Å². The molecule has 78 valence electrons. The second-order valence-electron chi connectivity index (χ2n) is 3.96. The Balaban J connectivity index is 3.99. The molecule has 3 heteroatoms. The first-order chi connectivity index (χ1) is 5.94. The maximum Gasteiger partial charge on any atom is 0.307 e. The van der Waals surface area contributed by atoms with Gasteiger partial charge >= 0.3 is 5.97 Å². The van der Waals surface area contributed by atoms with Gasteiger partial charge in [0.2, 0.25) is 0 Å². The van der Waals surface area contributed by atoms with Crippen molar-refractivity contribution < 1.29 is 9.53 Å². The number of hydrogen-bond donors (Lipinski definition) is 1. The van der Waals surface area contributed by atoms with Crippen LogP contribution in [0.1, 0.15) is 40.5 Å². The highest BCUT2D eigenvalue weighted by atomic mass is 16.5. The van der Waals surface area contributed by atoms with Gasteiger partial charge in [0.15, 0.2) is 0 Å². The summed E-state index contributed by atoms with van der Waals surface area (Å²) >= 11 is 0. The summed E-state index contributed by atoms with van der Waals surface area (Å²) in [6.07, 6.45) is 1.28. The second-order valence-corrected chi connectivity index (χ2v) is 3.96. The van der Waals surface area contributed by atoms with Gasteiger partial charge in [0.05, 0.1) is 13.0 Å². The van der Waals surface area contributed by atoms with Gasteiger partial charge in [-0.2, -0.15) is 0 Å². The third kappa shape index (κ3) is 4.27. The molecule has 0 aromatic carbocycles. The van der Waals surface area contributed by atoms with Gasteiger partial charge in [0, 0.05) is 6.04 Å². The fraction of sp³-hybridized carbons (Fsp3) is 0.900. The van der Waals surface area contributed by atoms with E-state index in [0.29, 0.717) is 13.0 Å². The van der Waals surface area contributed by atoms with Crippen LogP contribution in [0.5, 0.6) is 0 Å². The molecule has 0 saturated carbocycles. The lowest BCUT2D eigenvalue weighted by molar-refractivity contribution is -0.144. The molecule has 0 aliphatic carbocycles. The van der Waals surface area contributed by atoms with Crippen molar-refractivity contribution in [1.29, 1.82) is 0 Å². The summed E-state index contributed by atoms with van der Waals surface area (Å²) in [6.45, 7) is 8.44. The minimum absolute atomic E-state index is 0.00671. The van der Waals surface area contributed by atoms with Crippen LogP contribution in [0.3, 0.4) is 0 Å². The molecule has 0 unspecified atom stereocenters. The van der Waals surface area contributed by atoms with E-state index in [-0.39, 0.29) is 17.4 Å². The summed E-state index contributed by atoms with van der Waals surface area (Å²) in [4.78, 5) is 11.1. The smallest absolute Gasteiger partial charge is 0.307 e. The minimum atomic E-state index is -0.198. The second kappa shape index (κ2) is 5.22. The van der Waals surface area contributed by atoms with Gasteiger partial charge in [-0.15, -0.1) is 0 Å². The highest BCUT2D eigenvalue weighted by molar-refractivity contribution is 5.70. The number of carbonyl (C=O) groups excluding carboxylic acids is 1. The zero-order chi connectivity index (χ0) is 10.5. The zero-order valence-corrected chi connectivity index (χ0v) is 9.09. The Labute approximate surface area is 80.6 Å². The Hall–Kier alpha value is -0.570. The van der Waals surface area contributed by atoms with E-state index in [1.807, 2.05) is 0 Å². The fourth-order valence-corrected chi connectivity index (χ4v) is 0.938. The van der Waals surface area contributed by atoms with E-state index < -0.39 is 0 Å². The average Bonchev–Trinajstić information content (AvgIpc) is 2.04. The summed E-state index contributed by atoms with van der Waals surface area (Å²) in [6, 6.07) is -0.114. The number of nitrogens with two attached hydrogens (primary N) is 1. The molecule has 0 rings (SSSR count). The van der Waals surface area contributed by atoms with Crippen molar-refractivity contribution in [2.45, 2.75) is 46.6 Å². The average molecular weight is 187 g/mol. The molecular weight excluding hydrogens is 166 g/mol. The molecule has 0 spiro atoms. The van der Waals surface area contributed by atoms with Gasteiger partial charge in [0.25, 0.3) is 0 Å². The molecule has 0 amide bonds. The van der Waals surface area contributed by atoms with E-state index in [0.717, 1.165) is 6.42 Å². The standard InChI is InChI=1S/C10H21NO2/c1-5-10(3,4)8(11)7-9(12)13-6-2/h8H,5-7,11H2,1-4H3/t8-/m1/s1. The van der Waals surface area contributed by atoms with E-state index in [2.05, 4.69) is 20.8 Å². The molecule has 0 saturated heterocycles. The van der Waals surface area contributed by atoms with Crippen LogP contribution in [0.2, 0.25) is 0 Å². The van der Waals surface area contributed by atoms with E-state index in [4.69, 9.17) is 10.5 Å². The van der Waals surface area contributed by atoms with Crippen LogP contribution in [-0.4, -0.2) is 18.6 Å². The Bertz CT molecular complexity index is 166. The molecule has 0 aliphatic rings. The predicted octanol–water partition coefficient (Wildman–Crippen LogP) is 1.70. The van der Waals surface area contributed by atoms with Crippen LogP contribution >= 0.6 is 0 Å². The summed E-state index contributed by atoms with van der Waals surface area (Å²) in [5, 5.41) is 0. The van der Waals surface area contributed by atoms with Crippen LogP contribution in [0.15, 0.2) is 0 Å². The third-order valence-electron chi connectivity index (χ3n) is 2.61. The molecule has 0 heterocycles. The Kier molecular flexibility index (Phi) is 4.99. The Morgan fingerprint density at radius 2 is 2.00 bits per heavy atom. The molecule has 0 aromatic heterocycles. The van der Waals surface area contributed by atoms with E-state index in [9.17, 15) is 4.79 Å². The highest BCUT2D eigenvalue weighted by Gasteiger charge is 2.26. The Morgan fingerprint density at radius 1 is 1.46 bits per heavy atom. The van der Waals surface area contributed by atoms with Gasteiger partial charge in [0.1, 0.15) is 0 Å². The lowest BCUT2D eigenvalue weighted by Gasteiger charge is -2.29. The molecule has 0 fully saturated rings. The normalized spacial score (nSPS) is 13.9. The maximum atomic E-state index is 11.1. The monoisotopic (exact) mass is 187 g/mol. The highest BCUT2D eigenvalue weighted by Crippen LogP contribution is 2.25. The first kappa shape index (κ1) is 12.4. The van der Waals surface area contributed by atoms with E-state index >= 15 is 0 Å². The topological polar surface area (TPSA) is 52.3 Å².